The zero-order valence-electron chi connectivity index (χ0n) is 14.1. The quantitative estimate of drug-likeness (QED) is 0.509. The van der Waals surface area contributed by atoms with Crippen LogP contribution in [0.3, 0.4) is 0 Å². The highest BCUT2D eigenvalue weighted by Gasteiger charge is 2.38. The molecule has 1 aliphatic rings. The molecule has 0 saturated heterocycles. The molecule has 1 atom stereocenters. The fourth-order valence-electron chi connectivity index (χ4n) is 3.84. The van der Waals surface area contributed by atoms with E-state index in [2.05, 4.69) is 79.7 Å². The van der Waals surface area contributed by atoms with Crippen LogP contribution >= 0.6 is 37.3 Å². The van der Waals surface area contributed by atoms with Crippen molar-refractivity contribution in [2.75, 3.05) is 12.5 Å². The van der Waals surface area contributed by atoms with Crippen LogP contribution in [-0.4, -0.2) is 12.5 Å². The monoisotopic (exact) mass is 394 g/mol. The third-order valence-electron chi connectivity index (χ3n) is 4.81. The van der Waals surface area contributed by atoms with Gasteiger partial charge < -0.3 is 0 Å². The lowest BCUT2D eigenvalue weighted by Crippen LogP contribution is -2.10. The van der Waals surface area contributed by atoms with E-state index in [0.717, 1.165) is 0 Å². The molecule has 0 N–H and O–H groups in total. The molecule has 0 saturated carbocycles. The van der Waals surface area contributed by atoms with Crippen LogP contribution < -0.4 is 0 Å². The normalized spacial score (nSPS) is 18.8. The second kappa shape index (κ2) is 5.54. The van der Waals surface area contributed by atoms with Gasteiger partial charge in [0, 0.05) is 19.5 Å². The van der Waals surface area contributed by atoms with E-state index in [1.54, 1.807) is 10.5 Å². The van der Waals surface area contributed by atoms with Gasteiger partial charge in [-0.25, -0.2) is 10.0 Å². The summed E-state index contributed by atoms with van der Waals surface area (Å²) < 4.78 is 1.28. The SMILES string of the molecule is CC1=C(C)C(S(C)(C)c2c(C)cc(C)cc2Br)c2sccc21. The largest absolute Gasteiger partial charge is 0.208 e. The molecule has 1 aromatic heterocycles. The Morgan fingerprint density at radius 1 is 1.09 bits per heavy atom. The Morgan fingerprint density at radius 2 is 1.77 bits per heavy atom. The van der Waals surface area contributed by atoms with Crippen LogP contribution in [0.15, 0.2) is 38.5 Å². The molecule has 0 amide bonds. The minimum Gasteiger partial charge on any atom is -0.208 e. The van der Waals surface area contributed by atoms with Gasteiger partial charge >= 0.3 is 0 Å². The van der Waals surface area contributed by atoms with Crippen molar-refractivity contribution in [1.29, 1.82) is 0 Å². The van der Waals surface area contributed by atoms with Crippen LogP contribution in [0.5, 0.6) is 0 Å². The Balaban J connectivity index is 2.20. The van der Waals surface area contributed by atoms with Crippen LogP contribution in [-0.2, 0) is 0 Å². The molecule has 118 valence electrons. The summed E-state index contributed by atoms with van der Waals surface area (Å²) in [5, 5.41) is 2.81. The van der Waals surface area contributed by atoms with E-state index in [1.165, 1.54) is 31.6 Å². The smallest absolute Gasteiger partial charge is 0.0487 e. The molecular formula is C19H23BrS2. The first-order chi connectivity index (χ1) is 10.2. The number of hydrogen-bond donors (Lipinski definition) is 0. The highest BCUT2D eigenvalue weighted by molar-refractivity contribution is 9.10. The number of aryl methyl sites for hydroxylation is 2. The standard InChI is InChI=1S/C19H23BrS2/c1-11-9-12(2)18(16(20)10-11)22(5,6)19-14(4)13(3)15-7-8-21-17(15)19/h7-10,19H,1-6H3. The zero-order chi connectivity index (χ0) is 16.2. The number of thiophene rings is 1. The van der Waals surface area contributed by atoms with E-state index in [4.69, 9.17) is 0 Å². The summed E-state index contributed by atoms with van der Waals surface area (Å²) in [6, 6.07) is 6.89. The molecule has 0 bridgehead atoms. The Morgan fingerprint density at radius 3 is 2.41 bits per heavy atom. The lowest BCUT2D eigenvalue weighted by molar-refractivity contribution is 1.13. The first-order valence-corrected chi connectivity index (χ1v) is 11.7. The van der Waals surface area contributed by atoms with Crippen LogP contribution in [0, 0.1) is 13.8 Å². The molecule has 3 heteroatoms. The number of rotatable bonds is 2. The predicted molar refractivity (Wildman–Crippen MR) is 107 cm³/mol. The number of allylic oxidation sites excluding steroid dienone is 1. The Bertz CT molecular complexity index is 757. The van der Waals surface area contributed by atoms with Crippen molar-refractivity contribution in [3.05, 3.63) is 55.2 Å². The van der Waals surface area contributed by atoms with E-state index in [0.29, 0.717) is 5.25 Å². The summed E-state index contributed by atoms with van der Waals surface area (Å²) in [6.07, 6.45) is 4.96. The van der Waals surface area contributed by atoms with Gasteiger partial charge in [-0.1, -0.05) is 11.6 Å². The van der Waals surface area contributed by atoms with Crippen LogP contribution in [0.2, 0.25) is 0 Å². The van der Waals surface area contributed by atoms with Crippen molar-refractivity contribution in [3.8, 4) is 0 Å². The number of fused-ring (bicyclic) bond motifs is 1. The first-order valence-electron chi connectivity index (χ1n) is 7.49. The molecule has 1 unspecified atom stereocenters. The maximum atomic E-state index is 3.85. The van der Waals surface area contributed by atoms with E-state index < -0.39 is 10.0 Å². The number of benzene rings is 1. The van der Waals surface area contributed by atoms with Gasteiger partial charge in [-0.15, -0.1) is 11.3 Å². The summed E-state index contributed by atoms with van der Waals surface area (Å²) in [5.41, 5.74) is 7.28. The Labute approximate surface area is 148 Å². The van der Waals surface area contributed by atoms with Gasteiger partial charge in [-0.05, 0) is 95.9 Å². The second-order valence-corrected chi connectivity index (χ2v) is 12.2. The minimum absolute atomic E-state index is 0.556. The average Bonchev–Trinajstić information content (AvgIpc) is 2.92. The minimum atomic E-state index is -0.977. The van der Waals surface area contributed by atoms with Gasteiger partial charge in [-0.3, -0.25) is 0 Å². The van der Waals surface area contributed by atoms with Crippen LogP contribution in [0.1, 0.15) is 40.7 Å². The summed E-state index contributed by atoms with van der Waals surface area (Å²) in [6.45, 7) is 9.05. The van der Waals surface area contributed by atoms with Gasteiger partial charge in [-0.2, -0.15) is 0 Å². The summed E-state index contributed by atoms with van der Waals surface area (Å²) in [4.78, 5) is 3.10. The van der Waals surface area contributed by atoms with E-state index >= 15 is 0 Å². The molecule has 1 aromatic carbocycles. The fourth-order valence-corrected chi connectivity index (χ4v) is 11.1. The van der Waals surface area contributed by atoms with Gasteiger partial charge in [0.1, 0.15) is 0 Å². The van der Waals surface area contributed by atoms with Gasteiger partial charge in [0.2, 0.25) is 0 Å². The third kappa shape index (κ3) is 2.33. The van der Waals surface area contributed by atoms with E-state index in [9.17, 15) is 0 Å². The van der Waals surface area contributed by atoms with E-state index in [1.807, 2.05) is 11.3 Å². The van der Waals surface area contributed by atoms with Gasteiger partial charge in [0.25, 0.3) is 0 Å². The first kappa shape index (κ1) is 16.4. The van der Waals surface area contributed by atoms with Crippen LogP contribution in [0.4, 0.5) is 0 Å². The molecule has 3 rings (SSSR count). The molecule has 2 aromatic rings. The Hall–Kier alpha value is -0.510. The third-order valence-corrected chi connectivity index (χ3v) is 10.2. The topological polar surface area (TPSA) is 0 Å². The molecule has 0 aliphatic heterocycles. The molecule has 0 fully saturated rings. The van der Waals surface area contributed by atoms with Crippen molar-refractivity contribution in [2.45, 2.75) is 37.8 Å². The molecular weight excluding hydrogens is 372 g/mol. The lowest BCUT2D eigenvalue weighted by Gasteiger charge is -2.41. The van der Waals surface area contributed by atoms with Crippen molar-refractivity contribution in [1.82, 2.24) is 0 Å². The molecule has 22 heavy (non-hydrogen) atoms. The maximum Gasteiger partial charge on any atom is 0.0487 e. The van der Waals surface area contributed by atoms with Crippen molar-refractivity contribution >= 4 is 42.9 Å². The van der Waals surface area contributed by atoms with Crippen LogP contribution in [0.25, 0.3) is 5.57 Å². The van der Waals surface area contributed by atoms with Gasteiger partial charge in [0.05, 0.1) is 0 Å². The summed E-state index contributed by atoms with van der Waals surface area (Å²) in [5.74, 6) is 0. The van der Waals surface area contributed by atoms with E-state index in [-0.39, 0.29) is 0 Å². The maximum absolute atomic E-state index is 3.85. The summed E-state index contributed by atoms with van der Waals surface area (Å²) >= 11 is 5.78. The van der Waals surface area contributed by atoms with Gasteiger partial charge in [0.15, 0.2) is 0 Å². The lowest BCUT2D eigenvalue weighted by atomic mass is 10.1. The number of halogens is 1. The highest BCUT2D eigenvalue weighted by atomic mass is 79.9. The van der Waals surface area contributed by atoms with Crippen molar-refractivity contribution in [2.24, 2.45) is 0 Å². The molecule has 0 nitrogen and oxygen atoms in total. The van der Waals surface area contributed by atoms with Crippen molar-refractivity contribution < 1.29 is 0 Å². The molecule has 1 heterocycles. The average molecular weight is 395 g/mol. The molecule has 0 spiro atoms. The highest BCUT2D eigenvalue weighted by Crippen LogP contribution is 2.69. The second-order valence-electron chi connectivity index (χ2n) is 6.69. The zero-order valence-corrected chi connectivity index (χ0v) is 17.3. The predicted octanol–water partition coefficient (Wildman–Crippen LogP) is 7.10. The molecule has 0 radical (unpaired) electrons. The fraction of sp³-hybridized carbons (Fsp3) is 0.368. The van der Waals surface area contributed by atoms with Crippen molar-refractivity contribution in [3.63, 3.8) is 0 Å². The molecule has 1 aliphatic carbocycles. The number of hydrogen-bond acceptors (Lipinski definition) is 1. The Kier molecular flexibility index (Phi) is 4.12. The summed E-state index contributed by atoms with van der Waals surface area (Å²) in [7, 11) is -0.977.